The van der Waals surface area contributed by atoms with Gasteiger partial charge in [0.05, 0.1) is 6.33 Å². The second kappa shape index (κ2) is 6.15. The van der Waals surface area contributed by atoms with Crippen molar-refractivity contribution in [2.75, 3.05) is 13.1 Å². The number of nitrogens with zero attached hydrogens (tertiary/aromatic N) is 2. The molecule has 1 amide bonds. The van der Waals surface area contributed by atoms with Crippen LogP contribution in [0, 0.1) is 0 Å². The normalized spacial score (nSPS) is 12.6. The molecule has 4 N–H and O–H groups in total. The Bertz CT molecular complexity index is 286. The average molecular weight is 212 g/mol. The minimum absolute atomic E-state index is 0.208. The zero-order valence-corrected chi connectivity index (χ0v) is 8.47. The lowest BCUT2D eigenvalue weighted by molar-refractivity contribution is -0.125. The first-order valence-corrected chi connectivity index (χ1v) is 4.84. The average Bonchev–Trinajstić information content (AvgIpc) is 2.69. The van der Waals surface area contributed by atoms with E-state index in [2.05, 4.69) is 10.3 Å². The molecule has 1 heterocycles. The lowest BCUT2D eigenvalue weighted by atomic mass is 10.3. The SMILES string of the molecule is NC(=O)C(O)CNCCCn1ccnc1. The maximum Gasteiger partial charge on any atom is 0.247 e. The largest absolute Gasteiger partial charge is 0.382 e. The Hall–Kier alpha value is -1.40. The second-order valence-corrected chi connectivity index (χ2v) is 3.28. The van der Waals surface area contributed by atoms with Crippen molar-refractivity contribution >= 4 is 5.91 Å². The highest BCUT2D eigenvalue weighted by molar-refractivity contribution is 5.78. The Morgan fingerprint density at radius 3 is 3.07 bits per heavy atom. The van der Waals surface area contributed by atoms with Crippen molar-refractivity contribution in [3.05, 3.63) is 18.7 Å². The summed E-state index contributed by atoms with van der Waals surface area (Å²) in [5, 5.41) is 12.0. The fourth-order valence-electron chi connectivity index (χ4n) is 1.15. The molecule has 6 heteroatoms. The van der Waals surface area contributed by atoms with E-state index in [0.717, 1.165) is 19.5 Å². The van der Waals surface area contributed by atoms with E-state index >= 15 is 0 Å². The molecular weight excluding hydrogens is 196 g/mol. The van der Waals surface area contributed by atoms with Crippen LogP contribution in [-0.4, -0.2) is 39.8 Å². The molecular formula is C9H16N4O2. The van der Waals surface area contributed by atoms with Gasteiger partial charge in [-0.25, -0.2) is 4.98 Å². The van der Waals surface area contributed by atoms with Crippen molar-refractivity contribution in [3.63, 3.8) is 0 Å². The van der Waals surface area contributed by atoms with Gasteiger partial charge in [-0.1, -0.05) is 0 Å². The van der Waals surface area contributed by atoms with Gasteiger partial charge in [-0.15, -0.1) is 0 Å². The number of aliphatic hydroxyl groups excluding tert-OH is 1. The Morgan fingerprint density at radius 1 is 1.67 bits per heavy atom. The molecule has 0 bridgehead atoms. The summed E-state index contributed by atoms with van der Waals surface area (Å²) >= 11 is 0. The van der Waals surface area contributed by atoms with Crippen molar-refractivity contribution in [2.24, 2.45) is 5.73 Å². The summed E-state index contributed by atoms with van der Waals surface area (Å²) in [5.41, 5.74) is 4.89. The Kier molecular flexibility index (Phi) is 4.79. The van der Waals surface area contributed by atoms with E-state index < -0.39 is 12.0 Å². The minimum Gasteiger partial charge on any atom is -0.382 e. The van der Waals surface area contributed by atoms with Crippen LogP contribution in [0.1, 0.15) is 6.42 Å². The molecule has 0 aliphatic carbocycles. The van der Waals surface area contributed by atoms with Crippen molar-refractivity contribution < 1.29 is 9.90 Å². The first-order chi connectivity index (χ1) is 7.20. The quantitative estimate of drug-likeness (QED) is 0.490. The topological polar surface area (TPSA) is 93.2 Å². The molecule has 0 spiro atoms. The van der Waals surface area contributed by atoms with Crippen molar-refractivity contribution in [2.45, 2.75) is 19.1 Å². The molecule has 1 aromatic rings. The van der Waals surface area contributed by atoms with Crippen LogP contribution in [-0.2, 0) is 11.3 Å². The molecule has 1 unspecified atom stereocenters. The molecule has 0 saturated carbocycles. The molecule has 0 aliphatic heterocycles. The Morgan fingerprint density at radius 2 is 2.47 bits per heavy atom. The van der Waals surface area contributed by atoms with Gasteiger partial charge in [-0.05, 0) is 13.0 Å². The number of amides is 1. The predicted octanol–water partition coefficient (Wildman–Crippen LogP) is -1.29. The summed E-state index contributed by atoms with van der Waals surface area (Å²) in [5.74, 6) is -0.697. The van der Waals surface area contributed by atoms with E-state index in [1.54, 1.807) is 12.5 Å². The van der Waals surface area contributed by atoms with Gasteiger partial charge in [0, 0.05) is 25.5 Å². The van der Waals surface area contributed by atoms with Crippen LogP contribution in [0.3, 0.4) is 0 Å². The van der Waals surface area contributed by atoms with Gasteiger partial charge in [0.15, 0.2) is 0 Å². The molecule has 0 radical (unpaired) electrons. The van der Waals surface area contributed by atoms with Crippen LogP contribution in [0.15, 0.2) is 18.7 Å². The van der Waals surface area contributed by atoms with E-state index in [9.17, 15) is 4.79 Å². The van der Waals surface area contributed by atoms with Gasteiger partial charge in [0.2, 0.25) is 5.91 Å². The number of imidazole rings is 1. The van der Waals surface area contributed by atoms with Crippen molar-refractivity contribution in [3.8, 4) is 0 Å². The van der Waals surface area contributed by atoms with Crippen LogP contribution in [0.2, 0.25) is 0 Å². The third-order valence-electron chi connectivity index (χ3n) is 2.00. The summed E-state index contributed by atoms with van der Waals surface area (Å²) in [7, 11) is 0. The van der Waals surface area contributed by atoms with E-state index in [1.165, 1.54) is 0 Å². The minimum atomic E-state index is -1.10. The number of primary amides is 1. The second-order valence-electron chi connectivity index (χ2n) is 3.28. The summed E-state index contributed by atoms with van der Waals surface area (Å²) < 4.78 is 1.96. The highest BCUT2D eigenvalue weighted by Gasteiger charge is 2.08. The van der Waals surface area contributed by atoms with Gasteiger partial charge < -0.3 is 20.7 Å². The highest BCUT2D eigenvalue weighted by Crippen LogP contribution is 1.89. The summed E-state index contributed by atoms with van der Waals surface area (Å²) in [6.07, 6.45) is 5.17. The number of hydrogen-bond acceptors (Lipinski definition) is 4. The molecule has 1 rings (SSSR count). The zero-order valence-electron chi connectivity index (χ0n) is 8.47. The smallest absolute Gasteiger partial charge is 0.247 e. The van der Waals surface area contributed by atoms with Gasteiger partial charge in [-0.3, -0.25) is 4.79 Å². The van der Waals surface area contributed by atoms with Gasteiger partial charge in [0.1, 0.15) is 6.10 Å². The summed E-state index contributed by atoms with van der Waals surface area (Å²) in [6, 6.07) is 0. The molecule has 15 heavy (non-hydrogen) atoms. The van der Waals surface area contributed by atoms with Crippen LogP contribution >= 0.6 is 0 Å². The van der Waals surface area contributed by atoms with Crippen LogP contribution in [0.25, 0.3) is 0 Å². The van der Waals surface area contributed by atoms with E-state index in [0.29, 0.717) is 0 Å². The molecule has 6 nitrogen and oxygen atoms in total. The van der Waals surface area contributed by atoms with Crippen molar-refractivity contribution in [1.82, 2.24) is 14.9 Å². The Labute approximate surface area is 88.1 Å². The third-order valence-corrected chi connectivity index (χ3v) is 2.00. The van der Waals surface area contributed by atoms with E-state index in [4.69, 9.17) is 10.8 Å². The number of aryl methyl sites for hydroxylation is 1. The molecule has 1 aromatic heterocycles. The number of rotatable bonds is 7. The maximum absolute atomic E-state index is 10.5. The molecule has 0 fully saturated rings. The zero-order chi connectivity index (χ0) is 11.1. The van der Waals surface area contributed by atoms with Crippen LogP contribution < -0.4 is 11.1 Å². The first kappa shape index (κ1) is 11.7. The third kappa shape index (κ3) is 4.57. The number of hydrogen-bond donors (Lipinski definition) is 3. The molecule has 84 valence electrons. The number of nitrogens with two attached hydrogens (primary N) is 1. The van der Waals surface area contributed by atoms with Crippen LogP contribution in [0.5, 0.6) is 0 Å². The highest BCUT2D eigenvalue weighted by atomic mass is 16.3. The lowest BCUT2D eigenvalue weighted by Crippen LogP contribution is -2.38. The number of aromatic nitrogens is 2. The monoisotopic (exact) mass is 212 g/mol. The molecule has 0 aromatic carbocycles. The number of carbonyl (C=O) groups excluding carboxylic acids is 1. The fourth-order valence-corrected chi connectivity index (χ4v) is 1.15. The lowest BCUT2D eigenvalue weighted by Gasteiger charge is -2.08. The number of carbonyl (C=O) groups is 1. The van der Waals surface area contributed by atoms with E-state index in [-0.39, 0.29) is 6.54 Å². The Balaban J connectivity index is 2.00. The molecule has 1 atom stereocenters. The molecule has 0 saturated heterocycles. The van der Waals surface area contributed by atoms with Gasteiger partial charge >= 0.3 is 0 Å². The fraction of sp³-hybridized carbons (Fsp3) is 0.556. The maximum atomic E-state index is 10.5. The van der Waals surface area contributed by atoms with Crippen molar-refractivity contribution in [1.29, 1.82) is 0 Å². The van der Waals surface area contributed by atoms with Gasteiger partial charge in [0.25, 0.3) is 0 Å². The standard InChI is InChI=1S/C9H16N4O2/c10-9(15)8(14)6-11-2-1-4-13-5-3-12-7-13/h3,5,7-8,11,14H,1-2,4,6H2,(H2,10,15). The number of aliphatic hydroxyl groups is 1. The van der Waals surface area contributed by atoms with Gasteiger partial charge in [-0.2, -0.15) is 0 Å². The summed E-state index contributed by atoms with van der Waals surface area (Å²) in [4.78, 5) is 14.4. The molecule has 0 aliphatic rings. The van der Waals surface area contributed by atoms with E-state index in [1.807, 2.05) is 10.8 Å². The summed E-state index contributed by atoms with van der Waals surface area (Å²) in [6.45, 7) is 1.79. The first-order valence-electron chi connectivity index (χ1n) is 4.84. The van der Waals surface area contributed by atoms with Crippen LogP contribution in [0.4, 0.5) is 0 Å². The number of nitrogens with one attached hydrogen (secondary N) is 1. The predicted molar refractivity (Wildman–Crippen MR) is 54.9 cm³/mol.